The molecular weight excluding hydrogens is 390 g/mol. The van der Waals surface area contributed by atoms with E-state index in [9.17, 15) is 20.1 Å². The van der Waals surface area contributed by atoms with Crippen LogP contribution in [0.15, 0.2) is 0 Å². The van der Waals surface area contributed by atoms with Gasteiger partial charge < -0.3 is 9.64 Å². The summed E-state index contributed by atoms with van der Waals surface area (Å²) in [5.41, 5.74) is -2.70. The van der Waals surface area contributed by atoms with Crippen molar-refractivity contribution in [1.29, 1.82) is 10.5 Å². The smallest absolute Gasteiger partial charge is 0.410 e. The first-order valence-corrected chi connectivity index (χ1v) is 11.9. The molecule has 1 saturated heterocycles. The molecule has 31 heavy (non-hydrogen) atoms. The maximum absolute atomic E-state index is 14.1. The van der Waals surface area contributed by atoms with Crippen LogP contribution in [0.5, 0.6) is 0 Å². The predicted molar refractivity (Wildman–Crippen MR) is 112 cm³/mol. The Morgan fingerprint density at radius 3 is 1.84 bits per heavy atom. The van der Waals surface area contributed by atoms with Gasteiger partial charge in [0.25, 0.3) is 0 Å². The zero-order chi connectivity index (χ0) is 22.2. The van der Waals surface area contributed by atoms with Gasteiger partial charge in [0.1, 0.15) is 11.4 Å². The van der Waals surface area contributed by atoms with Gasteiger partial charge in [-0.2, -0.15) is 10.5 Å². The molecule has 0 aromatic heterocycles. The van der Waals surface area contributed by atoms with Gasteiger partial charge in [0.15, 0.2) is 5.41 Å². The Bertz CT molecular complexity index is 845. The second-order valence-corrected chi connectivity index (χ2v) is 12.2. The van der Waals surface area contributed by atoms with E-state index in [-0.39, 0.29) is 17.3 Å². The molecule has 6 aliphatic rings. The minimum atomic E-state index is -1.23. The first-order chi connectivity index (χ1) is 14.6. The first-order valence-electron chi connectivity index (χ1n) is 11.9. The number of nitrogens with zero attached hydrogens (tertiary/aromatic N) is 3. The van der Waals surface area contributed by atoms with E-state index in [4.69, 9.17) is 4.74 Å². The van der Waals surface area contributed by atoms with E-state index in [1.807, 2.05) is 20.8 Å². The Balaban J connectivity index is 1.37. The largest absolute Gasteiger partial charge is 0.444 e. The van der Waals surface area contributed by atoms with Crippen molar-refractivity contribution in [2.24, 2.45) is 39.9 Å². The summed E-state index contributed by atoms with van der Waals surface area (Å²) in [6, 6.07) is 4.58. The van der Waals surface area contributed by atoms with Crippen molar-refractivity contribution in [1.82, 2.24) is 4.90 Å². The van der Waals surface area contributed by atoms with E-state index >= 15 is 0 Å². The Hall–Kier alpha value is -2.08. The third-order valence-electron chi connectivity index (χ3n) is 9.17. The number of ketones is 1. The summed E-state index contributed by atoms with van der Waals surface area (Å²) in [6.07, 6.45) is 7.35. The number of carbonyl (C=O) groups is 2. The molecule has 1 aliphatic heterocycles. The molecule has 5 aliphatic carbocycles. The third-order valence-corrected chi connectivity index (χ3v) is 9.17. The number of Topliss-reactive ketones (excluding diaryl/α,β-unsaturated/α-hetero) is 1. The van der Waals surface area contributed by atoms with Crippen molar-refractivity contribution >= 4 is 11.9 Å². The van der Waals surface area contributed by atoms with Crippen LogP contribution in [0.2, 0.25) is 0 Å². The number of hydrogen-bond acceptors (Lipinski definition) is 5. The molecule has 0 aromatic carbocycles. The first kappa shape index (κ1) is 20.8. The molecule has 0 unspecified atom stereocenters. The highest BCUT2D eigenvalue weighted by atomic mass is 16.6. The second kappa shape index (κ2) is 6.47. The Morgan fingerprint density at radius 2 is 1.42 bits per heavy atom. The Labute approximate surface area is 184 Å². The van der Waals surface area contributed by atoms with Crippen LogP contribution in [-0.2, 0) is 9.53 Å². The number of rotatable bonds is 2. The fourth-order valence-corrected chi connectivity index (χ4v) is 8.24. The molecule has 0 aromatic rings. The zero-order valence-corrected chi connectivity index (χ0v) is 18.9. The molecule has 1 atom stereocenters. The van der Waals surface area contributed by atoms with Crippen LogP contribution in [-0.4, -0.2) is 35.5 Å². The molecule has 1 heterocycles. The number of hydrogen-bond donors (Lipinski definition) is 0. The van der Waals surface area contributed by atoms with Gasteiger partial charge in [0.2, 0.25) is 0 Å². The lowest BCUT2D eigenvalue weighted by Gasteiger charge is -2.56. The van der Waals surface area contributed by atoms with Gasteiger partial charge in [-0.05, 0) is 89.9 Å². The number of amides is 1. The standard InChI is InChI=1S/C25H33N3O3/c1-22(2,3)31-21(30)28-6-4-24(5-7-28)19(25(24,14-26)15-27)20(29)23-11-16-8-17(12-23)10-18(9-16)13-23/h16-19H,4-13H2,1-3H3/t16?,17?,18?,19-,23?/m1/s1. The minimum absolute atomic E-state index is 0.209. The fourth-order valence-electron chi connectivity index (χ4n) is 8.24. The lowest BCUT2D eigenvalue weighted by atomic mass is 9.48. The lowest BCUT2D eigenvalue weighted by molar-refractivity contribution is -0.146. The van der Waals surface area contributed by atoms with Crippen LogP contribution in [0.25, 0.3) is 0 Å². The topological polar surface area (TPSA) is 94.2 Å². The number of piperidine rings is 1. The molecule has 6 rings (SSSR count). The molecule has 1 amide bonds. The molecule has 0 radical (unpaired) electrons. The lowest BCUT2D eigenvalue weighted by Crippen LogP contribution is -2.51. The van der Waals surface area contributed by atoms with E-state index in [0.29, 0.717) is 43.7 Å². The van der Waals surface area contributed by atoms with Crippen LogP contribution in [0, 0.1) is 62.6 Å². The number of nitriles is 2. The van der Waals surface area contributed by atoms with Gasteiger partial charge in [0.05, 0.1) is 18.1 Å². The summed E-state index contributed by atoms with van der Waals surface area (Å²) in [4.78, 5) is 28.2. The summed E-state index contributed by atoms with van der Waals surface area (Å²) < 4.78 is 5.50. The highest BCUT2D eigenvalue weighted by Crippen LogP contribution is 2.76. The van der Waals surface area contributed by atoms with Gasteiger partial charge >= 0.3 is 6.09 Å². The van der Waals surface area contributed by atoms with Crippen LogP contribution < -0.4 is 0 Å². The maximum atomic E-state index is 14.1. The molecule has 1 spiro atoms. The number of carbonyl (C=O) groups excluding carboxylic acids is 2. The average Bonchev–Trinajstić information content (AvgIpc) is 3.25. The van der Waals surface area contributed by atoms with Gasteiger partial charge in [0, 0.05) is 23.9 Å². The van der Waals surface area contributed by atoms with E-state index < -0.39 is 22.3 Å². The fraction of sp³-hybridized carbons (Fsp3) is 0.840. The van der Waals surface area contributed by atoms with Crippen molar-refractivity contribution in [3.63, 3.8) is 0 Å². The van der Waals surface area contributed by atoms with Crippen molar-refractivity contribution in [2.45, 2.75) is 77.7 Å². The van der Waals surface area contributed by atoms with Gasteiger partial charge in [-0.15, -0.1) is 0 Å². The van der Waals surface area contributed by atoms with E-state index in [1.54, 1.807) is 4.90 Å². The SMILES string of the molecule is CC(C)(C)OC(=O)N1CCC2(CC1)[C@@H](C(=O)C13CC4CC(CC(C4)C1)C3)C2(C#N)C#N. The number of likely N-dealkylation sites (tertiary alicyclic amines) is 1. The predicted octanol–water partition coefficient (Wildman–Crippen LogP) is 4.45. The maximum Gasteiger partial charge on any atom is 0.410 e. The van der Waals surface area contributed by atoms with E-state index in [0.717, 1.165) is 19.3 Å². The zero-order valence-electron chi connectivity index (χ0n) is 18.9. The Kier molecular flexibility index (Phi) is 4.34. The Morgan fingerprint density at radius 1 is 0.935 bits per heavy atom. The van der Waals surface area contributed by atoms with Crippen LogP contribution in [0.3, 0.4) is 0 Å². The minimum Gasteiger partial charge on any atom is -0.444 e. The molecule has 0 N–H and O–H groups in total. The molecule has 6 heteroatoms. The van der Waals surface area contributed by atoms with Crippen LogP contribution in [0.4, 0.5) is 4.79 Å². The van der Waals surface area contributed by atoms with Gasteiger partial charge in [-0.1, -0.05) is 0 Å². The summed E-state index contributed by atoms with van der Waals surface area (Å²) in [6.45, 7) is 6.39. The summed E-state index contributed by atoms with van der Waals surface area (Å²) in [5.74, 6) is 1.67. The highest BCUT2D eigenvalue weighted by Gasteiger charge is 2.82. The second-order valence-electron chi connectivity index (χ2n) is 12.2. The van der Waals surface area contributed by atoms with Crippen LogP contribution in [0.1, 0.15) is 72.1 Å². The molecule has 6 fully saturated rings. The van der Waals surface area contributed by atoms with E-state index in [2.05, 4.69) is 12.1 Å². The average molecular weight is 424 g/mol. The quantitative estimate of drug-likeness (QED) is 0.654. The summed E-state index contributed by atoms with van der Waals surface area (Å²) in [5, 5.41) is 20.1. The highest BCUT2D eigenvalue weighted by molar-refractivity contribution is 5.94. The van der Waals surface area contributed by atoms with Gasteiger partial charge in [-0.25, -0.2) is 4.79 Å². The summed E-state index contributed by atoms with van der Waals surface area (Å²) >= 11 is 0. The van der Waals surface area contributed by atoms with E-state index in [1.165, 1.54) is 19.3 Å². The van der Waals surface area contributed by atoms with Crippen molar-refractivity contribution < 1.29 is 14.3 Å². The van der Waals surface area contributed by atoms with Crippen LogP contribution >= 0.6 is 0 Å². The van der Waals surface area contributed by atoms with Gasteiger partial charge in [-0.3, -0.25) is 4.79 Å². The number of ether oxygens (including phenoxy) is 1. The molecule has 6 nitrogen and oxygen atoms in total. The van der Waals surface area contributed by atoms with Crippen molar-refractivity contribution in [3.8, 4) is 12.1 Å². The molecule has 166 valence electrons. The third kappa shape index (κ3) is 2.86. The monoisotopic (exact) mass is 423 g/mol. The van der Waals surface area contributed by atoms with Crippen molar-refractivity contribution in [2.75, 3.05) is 13.1 Å². The van der Waals surface area contributed by atoms with Crippen molar-refractivity contribution in [3.05, 3.63) is 0 Å². The normalized spacial score (nSPS) is 38.9. The molecule has 4 bridgehead atoms. The summed E-state index contributed by atoms with van der Waals surface area (Å²) in [7, 11) is 0. The molecule has 5 saturated carbocycles. The molecular formula is C25H33N3O3.